The van der Waals surface area contributed by atoms with Crippen molar-refractivity contribution < 1.29 is 22.7 Å². The molecule has 0 saturated heterocycles. The van der Waals surface area contributed by atoms with Crippen molar-refractivity contribution in [2.45, 2.75) is 38.8 Å². The monoisotopic (exact) mass is 585 g/mol. The Morgan fingerprint density at radius 1 is 0.950 bits per heavy atom. The second-order valence-electron chi connectivity index (χ2n) is 9.38. The van der Waals surface area contributed by atoms with Gasteiger partial charge in [-0.2, -0.15) is 0 Å². The Bertz CT molecular complexity index is 1350. The van der Waals surface area contributed by atoms with Crippen LogP contribution in [0.15, 0.2) is 78.9 Å². The minimum Gasteiger partial charge on any atom is -0.497 e. The predicted octanol–water partition coefficient (Wildman–Crippen LogP) is 4.67. The summed E-state index contributed by atoms with van der Waals surface area (Å²) in [7, 11) is -2.06. The first-order valence-electron chi connectivity index (χ1n) is 13.1. The Morgan fingerprint density at radius 3 is 2.17 bits per heavy atom. The maximum absolute atomic E-state index is 13.7. The van der Waals surface area contributed by atoms with Crippen LogP contribution in [-0.2, 0) is 32.6 Å². The molecule has 0 aliphatic heterocycles. The summed E-state index contributed by atoms with van der Waals surface area (Å²) < 4.78 is 31.6. The zero-order chi connectivity index (χ0) is 29.1. The Balaban J connectivity index is 1.84. The van der Waals surface area contributed by atoms with Crippen molar-refractivity contribution in [3.63, 3.8) is 0 Å². The number of anilines is 1. The second-order valence-corrected chi connectivity index (χ2v) is 11.7. The highest BCUT2D eigenvalue weighted by Gasteiger charge is 2.30. The van der Waals surface area contributed by atoms with Gasteiger partial charge in [0.15, 0.2) is 0 Å². The first-order valence-corrected chi connectivity index (χ1v) is 15.3. The number of hydrogen-bond donors (Lipinski definition) is 1. The number of carbonyl (C=O) groups excluding carboxylic acids is 2. The lowest BCUT2D eigenvalue weighted by Crippen LogP contribution is -2.50. The highest BCUT2D eigenvalue weighted by molar-refractivity contribution is 7.92. The third-order valence-corrected chi connectivity index (χ3v) is 7.85. The molecule has 0 saturated carbocycles. The van der Waals surface area contributed by atoms with Crippen molar-refractivity contribution in [3.05, 3.63) is 95.0 Å². The fraction of sp³-hybridized carbons (Fsp3) is 0.333. The molecule has 0 aliphatic rings. The van der Waals surface area contributed by atoms with Crippen LogP contribution >= 0.6 is 11.6 Å². The zero-order valence-electron chi connectivity index (χ0n) is 23.0. The van der Waals surface area contributed by atoms with Gasteiger partial charge in [-0.05, 0) is 60.9 Å². The number of methoxy groups -OCH3 is 1. The molecule has 1 atom stereocenters. The van der Waals surface area contributed by atoms with E-state index in [1.54, 1.807) is 41.3 Å². The number of ether oxygens (including phenoxy) is 1. The van der Waals surface area contributed by atoms with Crippen molar-refractivity contribution in [2.75, 3.05) is 30.8 Å². The lowest BCUT2D eigenvalue weighted by atomic mass is 10.0. The van der Waals surface area contributed by atoms with E-state index in [9.17, 15) is 18.0 Å². The topological polar surface area (TPSA) is 96.0 Å². The molecule has 0 fully saturated rings. The van der Waals surface area contributed by atoms with Gasteiger partial charge >= 0.3 is 0 Å². The SMILES string of the molecule is CCNC(=O)[C@@H](Cc1ccccc1)N(Cc1ccc(Cl)cc1)C(=O)CCCN(c1ccc(OC)cc1)S(C)(=O)=O. The molecular formula is C30H36ClN3O5S. The largest absolute Gasteiger partial charge is 0.497 e. The molecular weight excluding hydrogens is 550 g/mol. The molecule has 0 spiro atoms. The van der Waals surface area contributed by atoms with Crippen LogP contribution in [0.5, 0.6) is 5.75 Å². The van der Waals surface area contributed by atoms with Crippen molar-refractivity contribution in [1.29, 1.82) is 0 Å². The predicted molar refractivity (Wildman–Crippen MR) is 159 cm³/mol. The molecule has 0 bridgehead atoms. The number of rotatable bonds is 14. The van der Waals surface area contributed by atoms with Gasteiger partial charge in [0.25, 0.3) is 0 Å². The number of sulfonamides is 1. The number of likely N-dealkylation sites (N-methyl/N-ethyl adjacent to an activating group) is 1. The molecule has 0 aromatic heterocycles. The lowest BCUT2D eigenvalue weighted by Gasteiger charge is -2.32. The second kappa shape index (κ2) is 14.7. The smallest absolute Gasteiger partial charge is 0.243 e. The lowest BCUT2D eigenvalue weighted by molar-refractivity contribution is -0.141. The summed E-state index contributed by atoms with van der Waals surface area (Å²) in [4.78, 5) is 28.6. The van der Waals surface area contributed by atoms with Gasteiger partial charge in [0.2, 0.25) is 21.8 Å². The fourth-order valence-electron chi connectivity index (χ4n) is 4.38. The Hall–Kier alpha value is -3.56. The number of benzene rings is 3. The van der Waals surface area contributed by atoms with Gasteiger partial charge in [-0.25, -0.2) is 8.42 Å². The summed E-state index contributed by atoms with van der Waals surface area (Å²) in [5.41, 5.74) is 2.24. The highest BCUT2D eigenvalue weighted by Crippen LogP contribution is 2.23. The summed E-state index contributed by atoms with van der Waals surface area (Å²) in [6, 6.07) is 22.7. The normalized spacial score (nSPS) is 11.9. The zero-order valence-corrected chi connectivity index (χ0v) is 24.6. The van der Waals surface area contributed by atoms with Crippen LogP contribution < -0.4 is 14.4 Å². The molecule has 0 heterocycles. The van der Waals surface area contributed by atoms with Gasteiger partial charge in [-0.15, -0.1) is 0 Å². The Kier molecular flexibility index (Phi) is 11.4. The van der Waals surface area contributed by atoms with Crippen molar-refractivity contribution in [3.8, 4) is 5.75 Å². The molecule has 1 N–H and O–H groups in total. The number of nitrogens with one attached hydrogen (secondary N) is 1. The van der Waals surface area contributed by atoms with Gasteiger partial charge < -0.3 is 15.0 Å². The van der Waals surface area contributed by atoms with Crippen LogP contribution in [0.3, 0.4) is 0 Å². The highest BCUT2D eigenvalue weighted by atomic mass is 35.5. The van der Waals surface area contributed by atoms with E-state index in [2.05, 4.69) is 5.32 Å². The van der Waals surface area contributed by atoms with E-state index in [0.717, 1.165) is 17.4 Å². The molecule has 2 amide bonds. The van der Waals surface area contributed by atoms with E-state index < -0.39 is 16.1 Å². The van der Waals surface area contributed by atoms with Crippen molar-refractivity contribution in [2.24, 2.45) is 0 Å². The van der Waals surface area contributed by atoms with Crippen LogP contribution in [0.2, 0.25) is 5.02 Å². The molecule has 3 rings (SSSR count). The summed E-state index contributed by atoms with van der Waals surface area (Å²) in [5, 5.41) is 3.44. The molecule has 0 radical (unpaired) electrons. The molecule has 3 aromatic carbocycles. The number of hydrogen-bond acceptors (Lipinski definition) is 5. The summed E-state index contributed by atoms with van der Waals surface area (Å²) in [6.07, 6.45) is 1.80. The number of amides is 2. The van der Waals surface area contributed by atoms with Crippen LogP contribution in [0.4, 0.5) is 5.69 Å². The third-order valence-electron chi connectivity index (χ3n) is 6.40. The average Bonchev–Trinajstić information content (AvgIpc) is 2.94. The van der Waals surface area contributed by atoms with E-state index in [0.29, 0.717) is 29.4 Å². The summed E-state index contributed by atoms with van der Waals surface area (Å²) in [5.74, 6) is 0.120. The van der Waals surface area contributed by atoms with Gasteiger partial charge in [-0.3, -0.25) is 13.9 Å². The molecule has 8 nitrogen and oxygen atoms in total. The molecule has 214 valence electrons. The molecule has 40 heavy (non-hydrogen) atoms. The van der Waals surface area contributed by atoms with E-state index in [1.165, 1.54) is 11.4 Å². The van der Waals surface area contributed by atoms with Crippen molar-refractivity contribution in [1.82, 2.24) is 10.2 Å². The van der Waals surface area contributed by atoms with E-state index in [-0.39, 0.29) is 37.7 Å². The molecule has 0 aliphatic carbocycles. The van der Waals surface area contributed by atoms with E-state index in [4.69, 9.17) is 16.3 Å². The van der Waals surface area contributed by atoms with Gasteiger partial charge in [-0.1, -0.05) is 54.1 Å². The van der Waals surface area contributed by atoms with Gasteiger partial charge in [0.1, 0.15) is 11.8 Å². The quantitative estimate of drug-likeness (QED) is 0.297. The van der Waals surface area contributed by atoms with Gasteiger partial charge in [0, 0.05) is 37.5 Å². The Labute approximate surface area is 241 Å². The number of nitrogens with zero attached hydrogens (tertiary/aromatic N) is 2. The maximum Gasteiger partial charge on any atom is 0.243 e. The third kappa shape index (κ3) is 8.99. The first kappa shape index (κ1) is 31.0. The molecule has 3 aromatic rings. The maximum atomic E-state index is 13.7. The Morgan fingerprint density at radius 2 is 1.60 bits per heavy atom. The van der Waals surface area contributed by atoms with Crippen LogP contribution in [-0.4, -0.2) is 57.6 Å². The van der Waals surface area contributed by atoms with Crippen LogP contribution in [0.1, 0.15) is 30.9 Å². The molecule has 10 heteroatoms. The summed E-state index contributed by atoms with van der Waals surface area (Å²) >= 11 is 6.07. The average molecular weight is 586 g/mol. The summed E-state index contributed by atoms with van der Waals surface area (Å²) in [6.45, 7) is 2.58. The van der Waals surface area contributed by atoms with Crippen LogP contribution in [0, 0.1) is 0 Å². The minimum atomic E-state index is -3.60. The number of carbonyl (C=O) groups is 2. The first-order chi connectivity index (χ1) is 19.1. The van der Waals surface area contributed by atoms with E-state index >= 15 is 0 Å². The van der Waals surface area contributed by atoms with Crippen molar-refractivity contribution >= 4 is 39.1 Å². The van der Waals surface area contributed by atoms with Crippen LogP contribution in [0.25, 0.3) is 0 Å². The fourth-order valence-corrected chi connectivity index (χ4v) is 5.48. The molecule has 0 unspecified atom stereocenters. The standard InChI is InChI=1S/C30H36ClN3O5S/c1-4-32-30(36)28(21-23-9-6-5-7-10-23)33(22-24-12-14-25(31)15-13-24)29(35)11-8-20-34(40(3,37)38)26-16-18-27(39-2)19-17-26/h5-7,9-10,12-19,28H,4,8,11,20-22H2,1-3H3,(H,32,36)/t28-/m1/s1. The number of halogens is 1. The van der Waals surface area contributed by atoms with Gasteiger partial charge in [0.05, 0.1) is 19.1 Å². The minimum absolute atomic E-state index is 0.0560. The van der Waals surface area contributed by atoms with E-state index in [1.807, 2.05) is 49.4 Å².